The summed E-state index contributed by atoms with van der Waals surface area (Å²) in [4.78, 5) is 29.1. The molecule has 1 heterocycles. The molecule has 3 aromatic rings. The van der Waals surface area contributed by atoms with Gasteiger partial charge in [0.2, 0.25) is 0 Å². The maximum absolute atomic E-state index is 12.5. The second-order valence-electron chi connectivity index (χ2n) is 5.29. The Morgan fingerprint density at radius 3 is 2.73 bits per heavy atom. The van der Waals surface area contributed by atoms with Crippen molar-refractivity contribution in [3.8, 4) is 6.07 Å². The van der Waals surface area contributed by atoms with E-state index in [1.807, 2.05) is 6.07 Å². The molecule has 0 bridgehead atoms. The zero-order valence-corrected chi connectivity index (χ0v) is 14.8. The van der Waals surface area contributed by atoms with Crippen molar-refractivity contribution in [3.63, 3.8) is 0 Å². The number of halogens is 2. The molecule has 130 valence electrons. The summed E-state index contributed by atoms with van der Waals surface area (Å²) in [6.07, 6.45) is 0. The Kier molecular flexibility index (Phi) is 5.21. The monoisotopic (exact) mass is 387 g/mol. The molecule has 0 saturated carbocycles. The van der Waals surface area contributed by atoms with Gasteiger partial charge in [0, 0.05) is 5.02 Å². The number of aromatic nitrogens is 2. The van der Waals surface area contributed by atoms with Crippen molar-refractivity contribution in [2.45, 2.75) is 13.2 Å². The van der Waals surface area contributed by atoms with E-state index in [0.29, 0.717) is 15.9 Å². The van der Waals surface area contributed by atoms with E-state index in [1.165, 1.54) is 22.8 Å². The molecule has 0 spiro atoms. The van der Waals surface area contributed by atoms with Crippen LogP contribution in [0.5, 0.6) is 0 Å². The molecular weight excluding hydrogens is 377 g/mol. The molecule has 0 saturated heterocycles. The van der Waals surface area contributed by atoms with Crippen molar-refractivity contribution in [1.29, 1.82) is 5.26 Å². The van der Waals surface area contributed by atoms with Gasteiger partial charge in [-0.3, -0.25) is 9.36 Å². The SMILES string of the molecule is N#CCn1c(COC(=O)c2ccc(Cl)cc2Cl)nc2ccccc2c1=O. The van der Waals surface area contributed by atoms with Crippen molar-refractivity contribution < 1.29 is 9.53 Å². The number of hydrogen-bond acceptors (Lipinski definition) is 5. The summed E-state index contributed by atoms with van der Waals surface area (Å²) in [5.74, 6) is -0.508. The highest BCUT2D eigenvalue weighted by Gasteiger charge is 2.16. The summed E-state index contributed by atoms with van der Waals surface area (Å²) in [6, 6.07) is 13.1. The minimum Gasteiger partial charge on any atom is -0.454 e. The lowest BCUT2D eigenvalue weighted by Crippen LogP contribution is -2.26. The number of para-hydroxylation sites is 1. The third-order valence-corrected chi connectivity index (χ3v) is 4.20. The molecule has 8 heteroatoms. The fourth-order valence-electron chi connectivity index (χ4n) is 2.42. The molecule has 0 amide bonds. The van der Waals surface area contributed by atoms with Crippen molar-refractivity contribution in [3.05, 3.63) is 74.3 Å². The van der Waals surface area contributed by atoms with Gasteiger partial charge in [-0.2, -0.15) is 5.26 Å². The average molecular weight is 388 g/mol. The van der Waals surface area contributed by atoms with Crippen LogP contribution < -0.4 is 5.56 Å². The van der Waals surface area contributed by atoms with Crippen LogP contribution in [0.1, 0.15) is 16.2 Å². The zero-order valence-electron chi connectivity index (χ0n) is 13.3. The molecule has 0 fully saturated rings. The molecule has 0 radical (unpaired) electrons. The summed E-state index contributed by atoms with van der Waals surface area (Å²) < 4.78 is 6.41. The molecule has 26 heavy (non-hydrogen) atoms. The van der Waals surface area contributed by atoms with Crippen LogP contribution in [-0.2, 0) is 17.9 Å². The molecule has 0 atom stereocenters. The maximum Gasteiger partial charge on any atom is 0.340 e. The summed E-state index contributed by atoms with van der Waals surface area (Å²) >= 11 is 11.8. The van der Waals surface area contributed by atoms with E-state index in [2.05, 4.69) is 4.98 Å². The lowest BCUT2D eigenvalue weighted by atomic mass is 10.2. The molecule has 2 aromatic carbocycles. The first-order chi connectivity index (χ1) is 12.5. The van der Waals surface area contributed by atoms with Gasteiger partial charge in [-0.15, -0.1) is 0 Å². The molecule has 0 unspecified atom stereocenters. The third-order valence-electron chi connectivity index (χ3n) is 3.65. The second-order valence-corrected chi connectivity index (χ2v) is 6.14. The van der Waals surface area contributed by atoms with E-state index in [0.717, 1.165) is 0 Å². The Hall–Kier alpha value is -2.88. The number of nitrogens with zero attached hydrogens (tertiary/aromatic N) is 3. The van der Waals surface area contributed by atoms with Crippen LogP contribution in [-0.4, -0.2) is 15.5 Å². The fraction of sp³-hybridized carbons (Fsp3) is 0.111. The predicted octanol–water partition coefficient (Wildman–Crippen LogP) is 3.58. The van der Waals surface area contributed by atoms with Crippen LogP contribution in [0.15, 0.2) is 47.3 Å². The Morgan fingerprint density at radius 2 is 2.00 bits per heavy atom. The fourth-order valence-corrected chi connectivity index (χ4v) is 2.91. The van der Waals surface area contributed by atoms with Crippen LogP contribution >= 0.6 is 23.2 Å². The number of carbonyl (C=O) groups is 1. The highest BCUT2D eigenvalue weighted by Crippen LogP contribution is 2.22. The smallest absolute Gasteiger partial charge is 0.340 e. The van der Waals surface area contributed by atoms with Gasteiger partial charge in [0.05, 0.1) is 27.6 Å². The van der Waals surface area contributed by atoms with Crippen LogP contribution in [0.4, 0.5) is 0 Å². The van der Waals surface area contributed by atoms with Crippen molar-refractivity contribution >= 4 is 40.1 Å². The Labute approximate surface area is 158 Å². The van der Waals surface area contributed by atoms with Crippen LogP contribution in [0.3, 0.4) is 0 Å². The number of hydrogen-bond donors (Lipinski definition) is 0. The number of carbonyl (C=O) groups excluding carboxylic acids is 1. The van der Waals surface area contributed by atoms with Gasteiger partial charge in [0.25, 0.3) is 5.56 Å². The van der Waals surface area contributed by atoms with Crippen LogP contribution in [0.2, 0.25) is 10.0 Å². The van der Waals surface area contributed by atoms with Crippen molar-refractivity contribution in [2.24, 2.45) is 0 Å². The van der Waals surface area contributed by atoms with Gasteiger partial charge >= 0.3 is 5.97 Å². The lowest BCUT2D eigenvalue weighted by Gasteiger charge is -2.11. The second kappa shape index (κ2) is 7.56. The maximum atomic E-state index is 12.5. The van der Waals surface area contributed by atoms with E-state index in [4.69, 9.17) is 33.2 Å². The normalized spacial score (nSPS) is 10.5. The van der Waals surface area contributed by atoms with Gasteiger partial charge in [-0.25, -0.2) is 9.78 Å². The van der Waals surface area contributed by atoms with E-state index in [9.17, 15) is 9.59 Å². The molecule has 0 aliphatic rings. The predicted molar refractivity (Wildman–Crippen MR) is 97.2 cm³/mol. The molecule has 0 aliphatic heterocycles. The van der Waals surface area contributed by atoms with Crippen molar-refractivity contribution in [1.82, 2.24) is 9.55 Å². The minimum absolute atomic E-state index is 0.144. The molecule has 0 aliphatic carbocycles. The Balaban J connectivity index is 1.93. The summed E-state index contributed by atoms with van der Waals surface area (Å²) in [5, 5.41) is 9.92. The minimum atomic E-state index is -0.683. The van der Waals surface area contributed by atoms with Gasteiger partial charge in [0.15, 0.2) is 5.82 Å². The lowest BCUT2D eigenvalue weighted by molar-refractivity contribution is 0.0457. The summed E-state index contributed by atoms with van der Waals surface area (Å²) in [6.45, 7) is -0.481. The summed E-state index contributed by atoms with van der Waals surface area (Å²) in [7, 11) is 0. The number of rotatable bonds is 4. The number of benzene rings is 2. The first-order valence-electron chi connectivity index (χ1n) is 7.49. The Morgan fingerprint density at radius 1 is 1.23 bits per heavy atom. The van der Waals surface area contributed by atoms with Gasteiger partial charge < -0.3 is 4.74 Å². The molecule has 1 aromatic heterocycles. The summed E-state index contributed by atoms with van der Waals surface area (Å²) in [5.41, 5.74) is 0.237. The van der Waals surface area contributed by atoms with Crippen LogP contribution in [0.25, 0.3) is 10.9 Å². The standard InChI is InChI=1S/C18H11Cl2N3O3/c19-11-5-6-12(14(20)9-11)18(25)26-10-16-22-15-4-2-1-3-13(15)17(24)23(16)8-7-21/h1-6,9H,8,10H2. The van der Waals surface area contributed by atoms with Gasteiger partial charge in [-0.1, -0.05) is 35.3 Å². The topological polar surface area (TPSA) is 85.0 Å². The number of ether oxygens (including phenoxy) is 1. The van der Waals surface area contributed by atoms with E-state index >= 15 is 0 Å². The van der Waals surface area contributed by atoms with Crippen LogP contribution in [0, 0.1) is 11.3 Å². The average Bonchev–Trinajstić information content (AvgIpc) is 2.62. The number of nitriles is 1. The quantitative estimate of drug-likeness (QED) is 0.638. The van der Waals surface area contributed by atoms with E-state index in [-0.39, 0.29) is 35.1 Å². The van der Waals surface area contributed by atoms with Gasteiger partial charge in [0.1, 0.15) is 13.2 Å². The largest absolute Gasteiger partial charge is 0.454 e. The first kappa shape index (κ1) is 17.9. The number of esters is 1. The molecular formula is C18H11Cl2N3O3. The molecule has 0 N–H and O–H groups in total. The third kappa shape index (κ3) is 3.54. The van der Waals surface area contributed by atoms with Gasteiger partial charge in [-0.05, 0) is 30.3 Å². The first-order valence-corrected chi connectivity index (χ1v) is 8.24. The molecule has 3 rings (SSSR count). The van der Waals surface area contributed by atoms with E-state index < -0.39 is 5.97 Å². The zero-order chi connectivity index (χ0) is 18.7. The van der Waals surface area contributed by atoms with Crippen molar-refractivity contribution in [2.75, 3.05) is 0 Å². The molecule has 6 nitrogen and oxygen atoms in total. The van der Waals surface area contributed by atoms with E-state index in [1.54, 1.807) is 24.3 Å². The number of fused-ring (bicyclic) bond motifs is 1. The highest BCUT2D eigenvalue weighted by molar-refractivity contribution is 6.36. The highest BCUT2D eigenvalue weighted by atomic mass is 35.5. The Bertz CT molecular complexity index is 1100.